The Morgan fingerprint density at radius 3 is 2.05 bits per heavy atom. The molecular weight excluding hydrogens is 246 g/mol. The van der Waals surface area contributed by atoms with Crippen LogP contribution in [0.2, 0.25) is 0 Å². The van der Waals surface area contributed by atoms with Crippen LogP contribution < -0.4 is 5.32 Å². The highest BCUT2D eigenvalue weighted by Gasteiger charge is 2.32. The van der Waals surface area contributed by atoms with E-state index >= 15 is 0 Å². The van der Waals surface area contributed by atoms with Gasteiger partial charge in [-0.2, -0.15) is 0 Å². The van der Waals surface area contributed by atoms with Crippen molar-refractivity contribution in [2.45, 2.75) is 98.1 Å². The molecule has 1 fully saturated rings. The van der Waals surface area contributed by atoms with Gasteiger partial charge in [-0.05, 0) is 39.5 Å². The molecule has 0 aliphatic heterocycles. The van der Waals surface area contributed by atoms with Gasteiger partial charge in [-0.1, -0.05) is 52.9 Å². The first-order valence-corrected chi connectivity index (χ1v) is 8.41. The van der Waals surface area contributed by atoms with E-state index in [0.29, 0.717) is 5.78 Å². The molecule has 0 aromatic carbocycles. The first kappa shape index (κ1) is 17.7. The molecule has 1 rings (SSSR count). The van der Waals surface area contributed by atoms with Gasteiger partial charge in [0.05, 0.1) is 6.04 Å². The number of hydrogen-bond acceptors (Lipinski definition) is 2. The van der Waals surface area contributed by atoms with Gasteiger partial charge in [0.1, 0.15) is 0 Å². The molecule has 0 heterocycles. The van der Waals surface area contributed by atoms with E-state index in [1.807, 2.05) is 20.8 Å². The summed E-state index contributed by atoms with van der Waals surface area (Å²) in [6.07, 6.45) is 9.11. The van der Waals surface area contributed by atoms with Crippen LogP contribution in [0.25, 0.3) is 0 Å². The SMILES string of the molecule is CC(C)(C)NC(CCC1CCCCC1)C(=O)C(C)(C)C. The maximum absolute atomic E-state index is 12.7. The molecule has 118 valence electrons. The number of ketones is 1. The van der Waals surface area contributed by atoms with Crippen LogP contribution in [0.1, 0.15) is 86.5 Å². The zero-order valence-electron chi connectivity index (χ0n) is 14.5. The Morgan fingerprint density at radius 2 is 1.60 bits per heavy atom. The lowest BCUT2D eigenvalue weighted by Crippen LogP contribution is -2.51. The molecule has 0 radical (unpaired) electrons. The Kier molecular flexibility index (Phi) is 6.25. The maximum Gasteiger partial charge on any atom is 0.155 e. The molecule has 0 saturated heterocycles. The van der Waals surface area contributed by atoms with Gasteiger partial charge in [-0.25, -0.2) is 0 Å². The lowest BCUT2D eigenvalue weighted by Gasteiger charge is -2.33. The van der Waals surface area contributed by atoms with E-state index in [1.165, 1.54) is 38.5 Å². The fourth-order valence-electron chi connectivity index (χ4n) is 3.19. The third kappa shape index (κ3) is 6.39. The van der Waals surface area contributed by atoms with E-state index in [2.05, 4.69) is 26.1 Å². The number of rotatable bonds is 5. The van der Waals surface area contributed by atoms with Gasteiger partial charge in [-0.15, -0.1) is 0 Å². The summed E-state index contributed by atoms with van der Waals surface area (Å²) >= 11 is 0. The van der Waals surface area contributed by atoms with Crippen LogP contribution in [0.4, 0.5) is 0 Å². The lowest BCUT2D eigenvalue weighted by molar-refractivity contribution is -0.129. The quantitative estimate of drug-likeness (QED) is 0.790. The number of carbonyl (C=O) groups excluding carboxylic acids is 1. The van der Waals surface area contributed by atoms with Crippen LogP contribution in [-0.2, 0) is 4.79 Å². The fraction of sp³-hybridized carbons (Fsp3) is 0.944. The molecule has 1 N–H and O–H groups in total. The van der Waals surface area contributed by atoms with Crippen LogP contribution in [0.3, 0.4) is 0 Å². The molecule has 0 bridgehead atoms. The van der Waals surface area contributed by atoms with E-state index in [1.54, 1.807) is 0 Å². The van der Waals surface area contributed by atoms with Crippen LogP contribution in [0.5, 0.6) is 0 Å². The highest BCUT2D eigenvalue weighted by Crippen LogP contribution is 2.29. The van der Waals surface area contributed by atoms with Crippen molar-refractivity contribution >= 4 is 5.78 Å². The molecule has 20 heavy (non-hydrogen) atoms. The van der Waals surface area contributed by atoms with Crippen molar-refractivity contribution in [2.75, 3.05) is 0 Å². The number of Topliss-reactive ketones (excluding diaryl/α,β-unsaturated/α-hetero) is 1. The topological polar surface area (TPSA) is 29.1 Å². The standard InChI is InChI=1S/C18H35NO/c1-17(2,3)16(20)15(19-18(4,5)6)13-12-14-10-8-7-9-11-14/h14-15,19H,7-13H2,1-6H3. The van der Waals surface area contributed by atoms with Crippen molar-refractivity contribution in [1.29, 1.82) is 0 Å². The number of nitrogens with one attached hydrogen (secondary N) is 1. The Balaban J connectivity index is 2.60. The highest BCUT2D eigenvalue weighted by molar-refractivity contribution is 5.88. The minimum Gasteiger partial charge on any atom is -0.303 e. The maximum atomic E-state index is 12.7. The average Bonchev–Trinajstić information content (AvgIpc) is 2.32. The van der Waals surface area contributed by atoms with Crippen molar-refractivity contribution in [3.05, 3.63) is 0 Å². The van der Waals surface area contributed by atoms with E-state index < -0.39 is 0 Å². The second-order valence-electron chi connectivity index (χ2n) is 8.64. The average molecular weight is 281 g/mol. The Bertz CT molecular complexity index is 302. The molecule has 0 aromatic heterocycles. The minimum atomic E-state index is -0.254. The van der Waals surface area contributed by atoms with Gasteiger partial charge in [0.2, 0.25) is 0 Å². The predicted octanol–water partition coefficient (Wildman–Crippen LogP) is 4.72. The molecular formula is C18H35NO. The van der Waals surface area contributed by atoms with E-state index in [0.717, 1.165) is 12.3 Å². The van der Waals surface area contributed by atoms with Crippen molar-refractivity contribution in [1.82, 2.24) is 5.32 Å². The summed E-state index contributed by atoms with van der Waals surface area (Å²) in [4.78, 5) is 12.7. The summed E-state index contributed by atoms with van der Waals surface area (Å²) in [5.74, 6) is 1.21. The molecule has 1 aliphatic carbocycles. The van der Waals surface area contributed by atoms with Crippen LogP contribution in [0.15, 0.2) is 0 Å². The smallest absolute Gasteiger partial charge is 0.155 e. The number of hydrogen-bond donors (Lipinski definition) is 1. The zero-order valence-corrected chi connectivity index (χ0v) is 14.5. The molecule has 2 heteroatoms. The largest absolute Gasteiger partial charge is 0.303 e. The van der Waals surface area contributed by atoms with Crippen LogP contribution >= 0.6 is 0 Å². The molecule has 1 saturated carbocycles. The van der Waals surface area contributed by atoms with Crippen molar-refractivity contribution in [2.24, 2.45) is 11.3 Å². The molecule has 1 atom stereocenters. The van der Waals surface area contributed by atoms with Gasteiger partial charge in [0.15, 0.2) is 5.78 Å². The summed E-state index contributed by atoms with van der Waals surface area (Å²) in [7, 11) is 0. The van der Waals surface area contributed by atoms with Gasteiger partial charge in [-0.3, -0.25) is 4.79 Å². The summed E-state index contributed by atoms with van der Waals surface area (Å²) < 4.78 is 0. The Morgan fingerprint density at radius 1 is 1.05 bits per heavy atom. The fourth-order valence-corrected chi connectivity index (χ4v) is 3.19. The summed E-state index contributed by atoms with van der Waals surface area (Å²) in [5, 5.41) is 3.55. The van der Waals surface area contributed by atoms with Gasteiger partial charge < -0.3 is 5.32 Å². The molecule has 1 aliphatic rings. The second kappa shape index (κ2) is 7.06. The third-order valence-corrected chi connectivity index (χ3v) is 4.25. The van der Waals surface area contributed by atoms with Crippen LogP contribution in [0, 0.1) is 11.3 Å². The monoisotopic (exact) mass is 281 g/mol. The first-order valence-electron chi connectivity index (χ1n) is 8.41. The highest BCUT2D eigenvalue weighted by atomic mass is 16.1. The normalized spacial score (nSPS) is 19.9. The predicted molar refractivity (Wildman–Crippen MR) is 86.9 cm³/mol. The third-order valence-electron chi connectivity index (χ3n) is 4.25. The first-order chi connectivity index (χ1) is 9.09. The van der Waals surface area contributed by atoms with Crippen molar-refractivity contribution in [3.8, 4) is 0 Å². The van der Waals surface area contributed by atoms with Crippen molar-refractivity contribution in [3.63, 3.8) is 0 Å². The molecule has 2 nitrogen and oxygen atoms in total. The minimum absolute atomic E-state index is 0.00184. The molecule has 1 unspecified atom stereocenters. The zero-order chi connectivity index (χ0) is 15.4. The van der Waals surface area contributed by atoms with E-state index in [4.69, 9.17) is 0 Å². The molecule has 0 aromatic rings. The number of carbonyl (C=O) groups is 1. The molecule has 0 amide bonds. The molecule has 0 spiro atoms. The van der Waals surface area contributed by atoms with E-state index in [9.17, 15) is 4.79 Å². The second-order valence-corrected chi connectivity index (χ2v) is 8.64. The lowest BCUT2D eigenvalue weighted by atomic mass is 9.80. The summed E-state index contributed by atoms with van der Waals surface area (Å²) in [6, 6.07) is 0.0110. The van der Waals surface area contributed by atoms with Gasteiger partial charge in [0.25, 0.3) is 0 Å². The van der Waals surface area contributed by atoms with Crippen molar-refractivity contribution < 1.29 is 4.79 Å². The van der Waals surface area contributed by atoms with Gasteiger partial charge >= 0.3 is 0 Å². The Hall–Kier alpha value is -0.370. The van der Waals surface area contributed by atoms with Crippen LogP contribution in [-0.4, -0.2) is 17.4 Å². The van der Waals surface area contributed by atoms with E-state index in [-0.39, 0.29) is 17.0 Å². The summed E-state index contributed by atoms with van der Waals surface area (Å²) in [6.45, 7) is 12.6. The Labute approximate surface area is 126 Å². The summed E-state index contributed by atoms with van der Waals surface area (Å²) in [5.41, 5.74) is -0.256. The van der Waals surface area contributed by atoms with Gasteiger partial charge in [0, 0.05) is 11.0 Å².